The lowest BCUT2D eigenvalue weighted by atomic mass is 9.83. The van der Waals surface area contributed by atoms with E-state index in [2.05, 4.69) is 29.4 Å². The SMILES string of the molecule is Cc1cc2c(C(C)C)c(O)c(O)c(C=NC34CN5CN(CN(C5)C3)C4)c2c(O)c1-c1c(C)cc2c(C(C)C)c(O)c(O)c(C=NC34CN5CN(CN(C5)C3)C4)c2c1O. The van der Waals surface area contributed by atoms with Crippen molar-refractivity contribution in [2.45, 2.75) is 64.5 Å². The molecule has 0 atom stereocenters. The topological polar surface area (TPSA) is 166 Å². The lowest BCUT2D eigenvalue weighted by Gasteiger charge is -2.59. The summed E-state index contributed by atoms with van der Waals surface area (Å²) < 4.78 is 0. The summed E-state index contributed by atoms with van der Waals surface area (Å²) in [5, 5.41) is 73.7. The Balaban J connectivity index is 1.19. The van der Waals surface area contributed by atoms with Crippen LogP contribution < -0.4 is 0 Å². The van der Waals surface area contributed by atoms with Crippen molar-refractivity contribution in [1.82, 2.24) is 29.4 Å². The fourth-order valence-corrected chi connectivity index (χ4v) is 11.6. The largest absolute Gasteiger partial charge is 0.507 e. The summed E-state index contributed by atoms with van der Waals surface area (Å²) in [5.74, 6) is -1.94. The third-order valence-electron chi connectivity index (χ3n) is 13.4. The Morgan fingerprint density at radius 1 is 0.483 bits per heavy atom. The zero-order valence-electron chi connectivity index (χ0n) is 34.2. The highest BCUT2D eigenvalue weighted by atomic mass is 16.3. The number of phenolic OH excluding ortho intramolecular Hbond substituents is 6. The number of phenols is 6. The molecule has 0 spiro atoms. The van der Waals surface area contributed by atoms with Crippen molar-refractivity contribution in [3.05, 3.63) is 45.5 Å². The van der Waals surface area contributed by atoms with E-state index in [4.69, 9.17) is 9.98 Å². The van der Waals surface area contributed by atoms with Crippen LogP contribution >= 0.6 is 0 Å². The van der Waals surface area contributed by atoms with Gasteiger partial charge in [0.05, 0.1) is 51.1 Å². The molecule has 8 fully saturated rings. The van der Waals surface area contributed by atoms with Gasteiger partial charge in [0.25, 0.3) is 0 Å². The van der Waals surface area contributed by atoms with E-state index >= 15 is 0 Å². The van der Waals surface area contributed by atoms with E-state index in [-0.39, 0.29) is 57.5 Å². The van der Waals surface area contributed by atoms with E-state index in [9.17, 15) is 30.6 Å². The Morgan fingerprint density at radius 2 is 0.776 bits per heavy atom. The molecular weight excluding hydrogens is 737 g/mol. The molecule has 8 saturated heterocycles. The Kier molecular flexibility index (Phi) is 8.35. The highest BCUT2D eigenvalue weighted by Crippen LogP contribution is 2.54. The predicted molar refractivity (Wildman–Crippen MR) is 225 cm³/mol. The summed E-state index contributed by atoms with van der Waals surface area (Å²) in [6, 6.07) is 3.80. The van der Waals surface area contributed by atoms with E-state index in [1.54, 1.807) is 12.4 Å². The molecule has 12 rings (SSSR count). The van der Waals surface area contributed by atoms with Crippen LogP contribution in [-0.2, 0) is 0 Å². The summed E-state index contributed by atoms with van der Waals surface area (Å²) in [6.45, 7) is 21.4. The molecule has 306 valence electrons. The minimum absolute atomic E-state index is 0.166. The van der Waals surface area contributed by atoms with Crippen LogP contribution in [0.1, 0.15) is 72.9 Å². The van der Waals surface area contributed by atoms with E-state index in [0.29, 0.717) is 54.9 Å². The van der Waals surface area contributed by atoms with Crippen molar-refractivity contribution in [3.8, 4) is 45.6 Å². The van der Waals surface area contributed by atoms with E-state index in [0.717, 1.165) is 79.3 Å². The first-order valence-electron chi connectivity index (χ1n) is 20.5. The lowest BCUT2D eigenvalue weighted by Crippen LogP contribution is -2.75. The zero-order chi connectivity index (χ0) is 40.7. The normalized spacial score (nSPS) is 31.2. The van der Waals surface area contributed by atoms with Gasteiger partial charge in [-0.25, -0.2) is 0 Å². The highest BCUT2D eigenvalue weighted by Gasteiger charge is 2.50. The highest BCUT2D eigenvalue weighted by molar-refractivity contribution is 6.15. The van der Waals surface area contributed by atoms with Gasteiger partial charge < -0.3 is 30.6 Å². The van der Waals surface area contributed by atoms with Crippen LogP contribution in [0.5, 0.6) is 34.5 Å². The molecule has 4 aromatic carbocycles. The van der Waals surface area contributed by atoms with Crippen molar-refractivity contribution < 1.29 is 30.6 Å². The van der Waals surface area contributed by atoms with Crippen molar-refractivity contribution in [3.63, 3.8) is 0 Å². The van der Waals surface area contributed by atoms with Gasteiger partial charge in [-0.05, 0) is 47.6 Å². The molecule has 0 saturated carbocycles. The molecule has 8 heterocycles. The number of nitrogens with zero attached hydrogens (tertiary/aromatic N) is 8. The van der Waals surface area contributed by atoms with Crippen LogP contribution in [0.3, 0.4) is 0 Å². The van der Waals surface area contributed by atoms with Gasteiger partial charge in [-0.2, -0.15) is 0 Å². The second kappa shape index (κ2) is 12.9. The molecule has 0 radical (unpaired) electrons. The number of benzene rings is 4. The van der Waals surface area contributed by atoms with Crippen molar-refractivity contribution in [2.24, 2.45) is 9.98 Å². The van der Waals surface area contributed by atoms with Gasteiger partial charge in [-0.15, -0.1) is 0 Å². The third-order valence-corrected chi connectivity index (χ3v) is 13.4. The van der Waals surface area contributed by atoms with Gasteiger partial charge >= 0.3 is 0 Å². The Bertz CT molecular complexity index is 2250. The Hall–Kier alpha value is -4.70. The summed E-state index contributed by atoms with van der Waals surface area (Å²) in [6.07, 6.45) is 3.23. The van der Waals surface area contributed by atoms with Gasteiger partial charge in [0.1, 0.15) is 11.5 Å². The zero-order valence-corrected chi connectivity index (χ0v) is 34.2. The second-order valence-electron chi connectivity index (χ2n) is 18.8. The number of fused-ring (bicyclic) bond motifs is 2. The first-order chi connectivity index (χ1) is 27.6. The molecular formula is C44H54N8O6. The molecule has 0 aromatic heterocycles. The molecule has 0 aliphatic carbocycles. The molecule has 14 nitrogen and oxygen atoms in total. The fourth-order valence-electron chi connectivity index (χ4n) is 11.6. The number of rotatable bonds is 7. The van der Waals surface area contributed by atoms with Gasteiger partial charge in [0.2, 0.25) is 0 Å². The lowest BCUT2D eigenvalue weighted by molar-refractivity contribution is -0.139. The second-order valence-corrected chi connectivity index (χ2v) is 18.8. The molecule has 8 bridgehead atoms. The summed E-state index contributed by atoms with van der Waals surface area (Å²) in [4.78, 5) is 24.4. The maximum atomic E-state index is 12.7. The number of aryl methyl sites for hydroxylation is 2. The van der Waals surface area contributed by atoms with Crippen molar-refractivity contribution in [1.29, 1.82) is 0 Å². The van der Waals surface area contributed by atoms with Gasteiger partial charge in [-0.3, -0.25) is 39.4 Å². The van der Waals surface area contributed by atoms with Crippen molar-refractivity contribution in [2.75, 3.05) is 79.3 Å². The average molecular weight is 791 g/mol. The van der Waals surface area contributed by atoms with Crippen LogP contribution in [0.15, 0.2) is 22.1 Å². The number of hydrogen-bond donors (Lipinski definition) is 6. The standard InChI is InChI=1S/C44H54N8O6/c1-23(2)31-27-7-25(5)33(39(55)35(27)29(37(53)41(31)57)9-45-43-11-47-17-48(12-43)19-49(13-43)18-47)34-26(6)8-28-32(24(3)4)42(58)38(54)30(36(28)40(34)56)10-46-44-14-50-20-51(15-44)22-52(16-44)21-50/h7-10,23-24,53-58H,11-22H2,1-6H3. The van der Waals surface area contributed by atoms with Crippen LogP contribution in [-0.4, -0.2) is 163 Å². The summed E-state index contributed by atoms with van der Waals surface area (Å²) in [5.41, 5.74) is 2.54. The number of hydrogen-bond acceptors (Lipinski definition) is 14. The monoisotopic (exact) mass is 790 g/mol. The maximum absolute atomic E-state index is 12.7. The van der Waals surface area contributed by atoms with Crippen LogP contribution in [0, 0.1) is 13.8 Å². The van der Waals surface area contributed by atoms with Crippen LogP contribution in [0.25, 0.3) is 32.7 Å². The fraction of sp³-hybridized carbons (Fsp3) is 0.500. The smallest absolute Gasteiger partial charge is 0.167 e. The van der Waals surface area contributed by atoms with E-state index < -0.39 is 11.1 Å². The predicted octanol–water partition coefficient (Wildman–Crippen LogP) is 4.71. The summed E-state index contributed by atoms with van der Waals surface area (Å²) in [7, 11) is 0. The molecule has 8 aliphatic rings. The molecule has 0 amide bonds. The van der Waals surface area contributed by atoms with Gasteiger partial charge in [0.15, 0.2) is 23.0 Å². The first-order valence-corrected chi connectivity index (χ1v) is 20.5. The minimum atomic E-state index is -0.432. The molecule has 4 aromatic rings. The average Bonchev–Trinajstić information content (AvgIpc) is 3.12. The van der Waals surface area contributed by atoms with E-state index in [1.807, 2.05) is 53.7 Å². The minimum Gasteiger partial charge on any atom is -0.507 e. The number of aromatic hydroxyl groups is 6. The van der Waals surface area contributed by atoms with Crippen molar-refractivity contribution >= 4 is 34.0 Å². The molecule has 14 heteroatoms. The maximum Gasteiger partial charge on any atom is 0.167 e. The van der Waals surface area contributed by atoms with Crippen LogP contribution in [0.2, 0.25) is 0 Å². The molecule has 0 unspecified atom stereocenters. The summed E-state index contributed by atoms with van der Waals surface area (Å²) >= 11 is 0. The quantitative estimate of drug-likeness (QED) is 0.113. The Labute approximate surface area is 338 Å². The molecule has 8 aliphatic heterocycles. The number of aliphatic imine (C=N–C) groups is 2. The molecule has 58 heavy (non-hydrogen) atoms. The van der Waals surface area contributed by atoms with Crippen LogP contribution in [0.4, 0.5) is 0 Å². The third kappa shape index (κ3) is 5.52. The first kappa shape index (κ1) is 37.6. The van der Waals surface area contributed by atoms with Gasteiger partial charge in [-0.1, -0.05) is 39.8 Å². The molecule has 6 N–H and O–H groups in total. The van der Waals surface area contributed by atoms with E-state index in [1.165, 1.54) is 0 Å². The van der Waals surface area contributed by atoms with Gasteiger partial charge in [0, 0.05) is 95.9 Å². The Morgan fingerprint density at radius 3 is 1.05 bits per heavy atom.